The highest BCUT2D eigenvalue weighted by Crippen LogP contribution is 2.33. The van der Waals surface area contributed by atoms with Crippen LogP contribution >= 0.6 is 0 Å². The molecule has 0 bridgehead atoms. The van der Waals surface area contributed by atoms with E-state index in [1.165, 1.54) is 29.4 Å². The lowest BCUT2D eigenvalue weighted by Gasteiger charge is -2.31. The minimum Gasteiger partial charge on any atom is -0.378 e. The quantitative estimate of drug-likeness (QED) is 0.618. The van der Waals surface area contributed by atoms with Gasteiger partial charge in [0.2, 0.25) is 10.0 Å². The summed E-state index contributed by atoms with van der Waals surface area (Å²) in [5.41, 5.74) is 0.941. The Balaban J connectivity index is 2.10. The number of halogens is 1. The first-order valence-electron chi connectivity index (χ1n) is 10.4. The smallest absolute Gasteiger partial charge is 0.262 e. The predicted octanol–water partition coefficient (Wildman–Crippen LogP) is 2.80. The zero-order valence-corrected chi connectivity index (χ0v) is 20.0. The molecule has 0 amide bonds. The lowest BCUT2D eigenvalue weighted by molar-refractivity contribution is 0.123. The van der Waals surface area contributed by atoms with Crippen LogP contribution in [0.5, 0.6) is 0 Å². The summed E-state index contributed by atoms with van der Waals surface area (Å²) in [6.07, 6.45) is 0. The average molecular weight is 486 g/mol. The van der Waals surface area contributed by atoms with Crippen molar-refractivity contribution in [2.75, 3.05) is 49.0 Å². The first-order valence-corrected chi connectivity index (χ1v) is 13.3. The monoisotopic (exact) mass is 485 g/mol. The van der Waals surface area contributed by atoms with Crippen LogP contribution in [-0.4, -0.2) is 60.5 Å². The van der Waals surface area contributed by atoms with Crippen molar-refractivity contribution in [1.29, 1.82) is 0 Å². The Hall–Kier alpha value is -2.21. The summed E-state index contributed by atoms with van der Waals surface area (Å²) in [5.74, 6) is -0.539. The van der Waals surface area contributed by atoms with E-state index in [1.807, 2.05) is 4.90 Å². The summed E-state index contributed by atoms with van der Waals surface area (Å²) < 4.78 is 75.1. The second-order valence-corrected chi connectivity index (χ2v) is 11.0. The number of hydrogen-bond donors (Lipinski definition) is 1. The van der Waals surface area contributed by atoms with Crippen LogP contribution in [0.3, 0.4) is 0 Å². The van der Waals surface area contributed by atoms with E-state index >= 15 is 0 Å². The molecule has 3 rings (SSSR count). The van der Waals surface area contributed by atoms with Crippen molar-refractivity contribution in [3.8, 4) is 0 Å². The van der Waals surface area contributed by atoms with E-state index in [1.54, 1.807) is 19.9 Å². The molecule has 0 aliphatic carbocycles. The first kappa shape index (κ1) is 24.4. The number of nitrogens with one attached hydrogen (secondary N) is 1. The van der Waals surface area contributed by atoms with Crippen LogP contribution in [0, 0.1) is 12.7 Å². The minimum atomic E-state index is -4.10. The number of aryl methyl sites for hydroxylation is 1. The highest BCUT2D eigenvalue weighted by molar-refractivity contribution is 7.92. The maximum absolute atomic E-state index is 13.5. The van der Waals surface area contributed by atoms with Gasteiger partial charge in [-0.15, -0.1) is 0 Å². The molecule has 0 aromatic heterocycles. The molecule has 0 unspecified atom stereocenters. The van der Waals surface area contributed by atoms with E-state index < -0.39 is 25.9 Å². The Morgan fingerprint density at radius 1 is 1.03 bits per heavy atom. The normalized spacial score (nSPS) is 15.2. The first-order chi connectivity index (χ1) is 15.1. The summed E-state index contributed by atoms with van der Waals surface area (Å²) in [6.45, 7) is 7.58. The molecule has 1 fully saturated rings. The van der Waals surface area contributed by atoms with Gasteiger partial charge in [0.1, 0.15) is 5.82 Å². The molecule has 8 nitrogen and oxygen atoms in total. The molecule has 0 atom stereocenters. The molecule has 0 spiro atoms. The van der Waals surface area contributed by atoms with Gasteiger partial charge in [-0.1, -0.05) is 13.8 Å². The van der Waals surface area contributed by atoms with E-state index in [-0.39, 0.29) is 21.0 Å². The Kier molecular flexibility index (Phi) is 7.43. The number of anilines is 2. The van der Waals surface area contributed by atoms with E-state index in [4.69, 9.17) is 4.74 Å². The molecule has 176 valence electrons. The van der Waals surface area contributed by atoms with Crippen molar-refractivity contribution in [1.82, 2.24) is 4.31 Å². The summed E-state index contributed by atoms with van der Waals surface area (Å²) in [7, 11) is -7.90. The summed E-state index contributed by atoms with van der Waals surface area (Å²) in [6, 6.07) is 7.84. The molecule has 1 heterocycles. The molecule has 0 saturated carbocycles. The average Bonchev–Trinajstić information content (AvgIpc) is 2.74. The second-order valence-electron chi connectivity index (χ2n) is 7.38. The molecular formula is C21H28FN3O5S2. The number of ether oxygens (including phenoxy) is 1. The van der Waals surface area contributed by atoms with Gasteiger partial charge < -0.3 is 9.64 Å². The highest BCUT2D eigenvalue weighted by atomic mass is 32.2. The molecule has 2 aromatic rings. The van der Waals surface area contributed by atoms with Crippen LogP contribution in [-0.2, 0) is 24.8 Å². The van der Waals surface area contributed by atoms with E-state index in [2.05, 4.69) is 4.72 Å². The molecule has 11 heteroatoms. The molecule has 2 aromatic carbocycles. The molecule has 1 N–H and O–H groups in total. The molecule has 1 aliphatic heterocycles. The lowest BCUT2D eigenvalue weighted by atomic mass is 10.2. The van der Waals surface area contributed by atoms with Crippen molar-refractivity contribution in [3.05, 3.63) is 47.8 Å². The lowest BCUT2D eigenvalue weighted by Crippen LogP contribution is -2.37. The fourth-order valence-corrected chi connectivity index (χ4v) is 6.44. The fourth-order valence-electron chi connectivity index (χ4n) is 3.66. The van der Waals surface area contributed by atoms with Crippen LogP contribution in [0.25, 0.3) is 0 Å². The van der Waals surface area contributed by atoms with Crippen molar-refractivity contribution in [2.45, 2.75) is 30.6 Å². The fraction of sp³-hybridized carbons (Fsp3) is 0.429. The molecule has 1 aliphatic rings. The minimum absolute atomic E-state index is 0.00765. The number of rotatable bonds is 8. The van der Waals surface area contributed by atoms with Gasteiger partial charge in [-0.05, 0) is 48.9 Å². The van der Waals surface area contributed by atoms with Gasteiger partial charge in [0.05, 0.1) is 34.4 Å². The van der Waals surface area contributed by atoms with Gasteiger partial charge in [0, 0.05) is 26.2 Å². The number of nitrogens with zero attached hydrogens (tertiary/aromatic N) is 2. The van der Waals surface area contributed by atoms with Crippen LogP contribution in [0.15, 0.2) is 46.2 Å². The van der Waals surface area contributed by atoms with Crippen LogP contribution in [0.1, 0.15) is 19.4 Å². The number of sulfonamides is 2. The third kappa shape index (κ3) is 5.06. The predicted molar refractivity (Wildman–Crippen MR) is 122 cm³/mol. The summed E-state index contributed by atoms with van der Waals surface area (Å²) in [4.78, 5) is 1.85. The maximum Gasteiger partial charge on any atom is 0.262 e. The van der Waals surface area contributed by atoms with E-state index in [9.17, 15) is 21.2 Å². The second kappa shape index (κ2) is 9.74. The summed E-state index contributed by atoms with van der Waals surface area (Å²) in [5, 5.41) is 0. The van der Waals surface area contributed by atoms with Gasteiger partial charge in [0.25, 0.3) is 10.0 Å². The van der Waals surface area contributed by atoms with Crippen molar-refractivity contribution in [2.24, 2.45) is 0 Å². The topological polar surface area (TPSA) is 96.0 Å². The van der Waals surface area contributed by atoms with Crippen molar-refractivity contribution < 1.29 is 26.0 Å². The maximum atomic E-state index is 13.5. The highest BCUT2D eigenvalue weighted by Gasteiger charge is 2.26. The van der Waals surface area contributed by atoms with Crippen LogP contribution in [0.2, 0.25) is 0 Å². The van der Waals surface area contributed by atoms with E-state index in [0.717, 1.165) is 12.1 Å². The largest absolute Gasteiger partial charge is 0.378 e. The van der Waals surface area contributed by atoms with Gasteiger partial charge in [-0.3, -0.25) is 4.72 Å². The number of hydrogen-bond acceptors (Lipinski definition) is 6. The van der Waals surface area contributed by atoms with Crippen molar-refractivity contribution in [3.63, 3.8) is 0 Å². The van der Waals surface area contributed by atoms with E-state index in [0.29, 0.717) is 45.1 Å². The van der Waals surface area contributed by atoms with Crippen LogP contribution < -0.4 is 9.62 Å². The standard InChI is InChI=1S/C21H28FN3O5S2/c1-4-25(5-2)32(28,29)18-7-8-20(24-10-12-30-13-11-24)19(15-18)23-31(26,27)21-9-6-17(22)14-16(21)3/h6-9,14-15,23H,4-5,10-13H2,1-3H3. The van der Waals surface area contributed by atoms with Gasteiger partial charge in [0.15, 0.2) is 0 Å². The van der Waals surface area contributed by atoms with Gasteiger partial charge >= 0.3 is 0 Å². The van der Waals surface area contributed by atoms with Gasteiger partial charge in [-0.25, -0.2) is 21.2 Å². The Bertz CT molecular complexity index is 1180. The summed E-state index contributed by atoms with van der Waals surface area (Å²) >= 11 is 0. The van der Waals surface area contributed by atoms with Crippen LogP contribution in [0.4, 0.5) is 15.8 Å². The zero-order valence-electron chi connectivity index (χ0n) is 18.3. The Labute approximate surface area is 189 Å². The molecular weight excluding hydrogens is 457 g/mol. The third-order valence-electron chi connectivity index (χ3n) is 5.33. The molecule has 1 saturated heterocycles. The van der Waals surface area contributed by atoms with Gasteiger partial charge in [-0.2, -0.15) is 4.31 Å². The number of benzene rings is 2. The Morgan fingerprint density at radius 3 is 2.28 bits per heavy atom. The SMILES string of the molecule is CCN(CC)S(=O)(=O)c1ccc(N2CCOCC2)c(NS(=O)(=O)c2ccc(F)cc2C)c1. The van der Waals surface area contributed by atoms with Crippen molar-refractivity contribution >= 4 is 31.4 Å². The zero-order chi connectivity index (χ0) is 23.5. The molecule has 32 heavy (non-hydrogen) atoms. The third-order valence-corrected chi connectivity index (χ3v) is 8.91. The molecule has 0 radical (unpaired) electrons. The Morgan fingerprint density at radius 2 is 1.69 bits per heavy atom. The number of morpholine rings is 1.